The van der Waals surface area contributed by atoms with Crippen molar-refractivity contribution in [3.05, 3.63) is 12.7 Å². The number of hydrogen-bond acceptors (Lipinski definition) is 2. The molecule has 0 amide bonds. The van der Waals surface area contributed by atoms with E-state index in [1.54, 1.807) is 0 Å². The van der Waals surface area contributed by atoms with E-state index in [-0.39, 0.29) is 11.0 Å². The van der Waals surface area contributed by atoms with E-state index in [0.29, 0.717) is 0 Å². The summed E-state index contributed by atoms with van der Waals surface area (Å²) in [7, 11) is -0.751. The number of rotatable bonds is 5. The van der Waals surface area contributed by atoms with Crippen LogP contribution in [-0.4, -0.2) is 15.7 Å². The Morgan fingerprint density at radius 3 is 2.67 bits per heavy atom. The molecule has 3 heteroatoms. The first-order valence-electron chi connectivity index (χ1n) is 4.31. The Morgan fingerprint density at radius 1 is 1.67 bits per heavy atom. The second-order valence-corrected chi connectivity index (χ2v) is 6.22. The third-order valence-electron chi connectivity index (χ3n) is 1.70. The van der Waals surface area contributed by atoms with Crippen LogP contribution < -0.4 is 0 Å². The van der Waals surface area contributed by atoms with Crippen molar-refractivity contribution >= 4 is 15.7 Å². The van der Waals surface area contributed by atoms with E-state index >= 15 is 0 Å². The Kier molecular flexibility index (Phi) is 4.89. The predicted octanol–water partition coefficient (Wildman–Crippen LogP) is 1.80. The van der Waals surface area contributed by atoms with Gasteiger partial charge in [0, 0.05) is 6.08 Å². The maximum Gasteiger partial charge on any atom is 0.316 e. The SMILES string of the molecule is C=CC(=O)O[SiH2]C(C)(C)CCC. The van der Waals surface area contributed by atoms with Gasteiger partial charge in [-0.2, -0.15) is 0 Å². The molecular weight excluding hydrogens is 168 g/mol. The highest BCUT2D eigenvalue weighted by molar-refractivity contribution is 6.35. The van der Waals surface area contributed by atoms with Crippen LogP contribution in [0.25, 0.3) is 0 Å². The zero-order valence-electron chi connectivity index (χ0n) is 8.22. The molecule has 0 saturated heterocycles. The second kappa shape index (κ2) is 5.14. The Morgan fingerprint density at radius 2 is 2.25 bits per heavy atom. The summed E-state index contributed by atoms with van der Waals surface area (Å²) in [4.78, 5) is 10.8. The Hall–Kier alpha value is -0.573. The van der Waals surface area contributed by atoms with Gasteiger partial charge in [-0.25, -0.2) is 4.79 Å². The van der Waals surface area contributed by atoms with Crippen LogP contribution in [0.1, 0.15) is 33.6 Å². The van der Waals surface area contributed by atoms with Crippen LogP contribution in [0.3, 0.4) is 0 Å². The molecule has 0 aliphatic heterocycles. The molecule has 0 aromatic heterocycles. The first kappa shape index (κ1) is 11.4. The van der Waals surface area contributed by atoms with Crippen LogP contribution in [0.15, 0.2) is 12.7 Å². The average molecular weight is 186 g/mol. The molecule has 70 valence electrons. The molecule has 0 N–H and O–H groups in total. The van der Waals surface area contributed by atoms with Crippen LogP contribution in [0.2, 0.25) is 5.04 Å². The molecule has 0 saturated carbocycles. The van der Waals surface area contributed by atoms with Crippen LogP contribution >= 0.6 is 0 Å². The molecule has 0 heterocycles. The molecule has 0 aromatic rings. The van der Waals surface area contributed by atoms with Gasteiger partial charge in [-0.15, -0.1) is 0 Å². The minimum absolute atomic E-state index is 0.230. The van der Waals surface area contributed by atoms with Crippen molar-refractivity contribution in [2.24, 2.45) is 0 Å². The number of carbonyl (C=O) groups is 1. The fourth-order valence-electron chi connectivity index (χ4n) is 1.07. The van der Waals surface area contributed by atoms with Gasteiger partial charge < -0.3 is 4.43 Å². The lowest BCUT2D eigenvalue weighted by Crippen LogP contribution is -2.18. The van der Waals surface area contributed by atoms with Crippen molar-refractivity contribution in [1.29, 1.82) is 0 Å². The van der Waals surface area contributed by atoms with Gasteiger partial charge in [0.25, 0.3) is 0 Å². The average Bonchev–Trinajstić information content (AvgIpc) is 2.00. The molecular formula is C9H18O2Si. The summed E-state index contributed by atoms with van der Waals surface area (Å²) in [6.45, 7) is 9.80. The van der Waals surface area contributed by atoms with Gasteiger partial charge in [0.2, 0.25) is 9.76 Å². The summed E-state index contributed by atoms with van der Waals surface area (Å²) in [5, 5.41) is 0.230. The molecule has 0 unspecified atom stereocenters. The van der Waals surface area contributed by atoms with Crippen molar-refractivity contribution < 1.29 is 9.22 Å². The maximum atomic E-state index is 10.8. The highest BCUT2D eigenvalue weighted by Crippen LogP contribution is 2.28. The topological polar surface area (TPSA) is 26.3 Å². The van der Waals surface area contributed by atoms with Gasteiger partial charge in [0.05, 0.1) is 0 Å². The van der Waals surface area contributed by atoms with Gasteiger partial charge in [-0.05, 0) is 11.5 Å². The molecule has 0 fully saturated rings. The molecule has 0 aliphatic carbocycles. The number of carbonyl (C=O) groups excluding carboxylic acids is 1. The molecule has 0 atom stereocenters. The molecule has 0 radical (unpaired) electrons. The first-order chi connectivity index (χ1) is 5.52. The smallest absolute Gasteiger partial charge is 0.316 e. The van der Waals surface area contributed by atoms with Gasteiger partial charge >= 0.3 is 5.97 Å². The zero-order valence-corrected chi connectivity index (χ0v) is 9.64. The predicted molar refractivity (Wildman–Crippen MR) is 53.8 cm³/mol. The van der Waals surface area contributed by atoms with Crippen LogP contribution in [0.4, 0.5) is 0 Å². The quantitative estimate of drug-likeness (QED) is 0.483. The summed E-state index contributed by atoms with van der Waals surface area (Å²) < 4.78 is 5.09. The number of hydrogen-bond donors (Lipinski definition) is 0. The van der Waals surface area contributed by atoms with Gasteiger partial charge in [0.15, 0.2) is 0 Å². The Balaban J connectivity index is 3.74. The van der Waals surface area contributed by atoms with Crippen molar-refractivity contribution in [2.45, 2.75) is 38.7 Å². The van der Waals surface area contributed by atoms with E-state index < -0.39 is 9.76 Å². The van der Waals surface area contributed by atoms with Crippen LogP contribution in [0, 0.1) is 0 Å². The highest BCUT2D eigenvalue weighted by atomic mass is 28.2. The lowest BCUT2D eigenvalue weighted by Gasteiger charge is -2.21. The third-order valence-corrected chi connectivity index (χ3v) is 3.26. The molecule has 0 bridgehead atoms. The lowest BCUT2D eigenvalue weighted by molar-refractivity contribution is -0.129. The maximum absolute atomic E-state index is 10.8. The largest absolute Gasteiger partial charge is 0.521 e. The first-order valence-corrected chi connectivity index (χ1v) is 5.59. The zero-order chi connectivity index (χ0) is 9.61. The van der Waals surface area contributed by atoms with Crippen molar-refractivity contribution in [2.75, 3.05) is 0 Å². The van der Waals surface area contributed by atoms with E-state index in [2.05, 4.69) is 27.4 Å². The van der Waals surface area contributed by atoms with Gasteiger partial charge in [-0.1, -0.05) is 33.8 Å². The normalized spacial score (nSPS) is 11.9. The van der Waals surface area contributed by atoms with E-state index in [9.17, 15) is 4.79 Å². The third kappa shape index (κ3) is 5.13. The summed E-state index contributed by atoms with van der Waals surface area (Å²) in [5.74, 6) is -0.272. The highest BCUT2D eigenvalue weighted by Gasteiger charge is 2.19. The monoisotopic (exact) mass is 186 g/mol. The molecule has 0 aromatic carbocycles. The molecule has 0 spiro atoms. The van der Waals surface area contributed by atoms with E-state index in [4.69, 9.17) is 4.43 Å². The minimum atomic E-state index is -0.751. The van der Waals surface area contributed by atoms with E-state index in [0.717, 1.165) is 12.8 Å². The van der Waals surface area contributed by atoms with E-state index in [1.807, 2.05) is 0 Å². The Labute approximate surface area is 76.9 Å². The summed E-state index contributed by atoms with van der Waals surface area (Å²) >= 11 is 0. The van der Waals surface area contributed by atoms with Gasteiger partial charge in [-0.3, -0.25) is 0 Å². The van der Waals surface area contributed by atoms with Gasteiger partial charge in [0.1, 0.15) is 0 Å². The summed E-state index contributed by atoms with van der Waals surface area (Å²) in [6, 6.07) is 0. The molecule has 2 nitrogen and oxygen atoms in total. The van der Waals surface area contributed by atoms with Crippen molar-refractivity contribution in [1.82, 2.24) is 0 Å². The lowest BCUT2D eigenvalue weighted by atomic mass is 10.1. The second-order valence-electron chi connectivity index (χ2n) is 3.73. The summed E-state index contributed by atoms with van der Waals surface area (Å²) in [6.07, 6.45) is 3.50. The molecule has 0 rings (SSSR count). The Bertz CT molecular complexity index is 164. The van der Waals surface area contributed by atoms with Crippen LogP contribution in [-0.2, 0) is 9.22 Å². The summed E-state index contributed by atoms with van der Waals surface area (Å²) in [5.41, 5.74) is 0. The molecule has 12 heavy (non-hydrogen) atoms. The fourth-order valence-corrected chi connectivity index (χ4v) is 2.22. The van der Waals surface area contributed by atoms with Crippen molar-refractivity contribution in [3.8, 4) is 0 Å². The van der Waals surface area contributed by atoms with Crippen molar-refractivity contribution in [3.63, 3.8) is 0 Å². The van der Waals surface area contributed by atoms with Crippen LogP contribution in [0.5, 0.6) is 0 Å². The standard InChI is InChI=1S/C9H18O2Si/c1-5-7-9(3,4)12-11-8(10)6-2/h6H,2,5,7,12H2,1,3-4H3. The fraction of sp³-hybridized carbons (Fsp3) is 0.667. The minimum Gasteiger partial charge on any atom is -0.521 e. The molecule has 0 aliphatic rings. The van der Waals surface area contributed by atoms with E-state index in [1.165, 1.54) is 6.08 Å².